The van der Waals surface area contributed by atoms with Crippen molar-refractivity contribution in [1.29, 1.82) is 0 Å². The van der Waals surface area contributed by atoms with Gasteiger partial charge in [-0.1, -0.05) is 12.1 Å². The number of halogens is 3. The van der Waals surface area contributed by atoms with Gasteiger partial charge >= 0.3 is 6.18 Å². The summed E-state index contributed by atoms with van der Waals surface area (Å²) in [5.74, 6) is 0.811. The molecule has 2 heterocycles. The molecule has 0 bridgehead atoms. The van der Waals surface area contributed by atoms with Gasteiger partial charge in [-0.25, -0.2) is 0 Å². The van der Waals surface area contributed by atoms with E-state index in [0.717, 1.165) is 42.9 Å². The molecule has 1 aromatic heterocycles. The summed E-state index contributed by atoms with van der Waals surface area (Å²) >= 11 is 0. The Labute approximate surface area is 174 Å². The second kappa shape index (κ2) is 9.88. The maximum Gasteiger partial charge on any atom is 0.416 e. The molecule has 2 aromatic rings. The minimum atomic E-state index is -4.32. The Kier molecular flexibility index (Phi) is 7.25. The molecule has 1 aliphatic rings. The number of likely N-dealkylation sites (N-methyl/N-ethyl adjacent to an activating group) is 1. The molecule has 9 heteroatoms. The van der Waals surface area contributed by atoms with Crippen molar-refractivity contribution in [2.24, 2.45) is 0 Å². The Bertz CT molecular complexity index is 814. The third-order valence-corrected chi connectivity index (χ3v) is 5.37. The normalized spacial score (nSPS) is 17.1. The quantitative estimate of drug-likeness (QED) is 0.697. The summed E-state index contributed by atoms with van der Waals surface area (Å²) in [5.41, 5.74) is 0.141. The Morgan fingerprint density at radius 3 is 2.70 bits per heavy atom. The summed E-state index contributed by atoms with van der Waals surface area (Å²) in [6, 6.07) is 8.98. The number of nitrogens with one attached hydrogen (secondary N) is 1. The van der Waals surface area contributed by atoms with Gasteiger partial charge in [0.2, 0.25) is 5.91 Å². The minimum absolute atomic E-state index is 0.00610. The van der Waals surface area contributed by atoms with Gasteiger partial charge in [0, 0.05) is 32.4 Å². The highest BCUT2D eigenvalue weighted by molar-refractivity contribution is 5.78. The zero-order valence-electron chi connectivity index (χ0n) is 16.9. The Morgan fingerprint density at radius 2 is 2.03 bits per heavy atom. The van der Waals surface area contributed by atoms with E-state index >= 15 is 0 Å². The van der Waals surface area contributed by atoms with Gasteiger partial charge in [-0.2, -0.15) is 18.3 Å². The fourth-order valence-electron chi connectivity index (χ4n) is 3.56. The molecule has 1 amide bonds. The average molecular weight is 421 g/mol. The number of alkyl halides is 3. The van der Waals surface area contributed by atoms with Crippen LogP contribution in [0.4, 0.5) is 19.0 Å². The molecule has 0 unspecified atom stereocenters. The van der Waals surface area contributed by atoms with Gasteiger partial charge in [-0.3, -0.25) is 4.79 Å². The SMILES string of the molecule is CN(C(=O)CNCCc1ccc(C(F)(F)F)cc1)[C@@H]1CCCN(c2cccnn2)C1. The lowest BCUT2D eigenvalue weighted by Gasteiger charge is -2.38. The molecule has 0 radical (unpaired) electrons. The number of hydrogen-bond acceptors (Lipinski definition) is 5. The zero-order chi connectivity index (χ0) is 21.6. The molecule has 162 valence electrons. The molecular formula is C21H26F3N5O. The predicted molar refractivity (Wildman–Crippen MR) is 108 cm³/mol. The summed E-state index contributed by atoms with van der Waals surface area (Å²) in [6.45, 7) is 2.31. The number of nitrogens with zero attached hydrogens (tertiary/aromatic N) is 4. The number of hydrogen-bond donors (Lipinski definition) is 1. The molecule has 0 aliphatic carbocycles. The van der Waals surface area contributed by atoms with Crippen LogP contribution in [0.3, 0.4) is 0 Å². The van der Waals surface area contributed by atoms with Crippen LogP contribution < -0.4 is 10.2 Å². The van der Waals surface area contributed by atoms with Crippen LogP contribution in [0, 0.1) is 0 Å². The summed E-state index contributed by atoms with van der Waals surface area (Å²) in [7, 11) is 1.81. The van der Waals surface area contributed by atoms with Crippen molar-refractivity contribution >= 4 is 11.7 Å². The number of amides is 1. The van der Waals surface area contributed by atoms with Crippen LogP contribution in [0.25, 0.3) is 0 Å². The number of aromatic nitrogens is 2. The molecule has 1 N–H and O–H groups in total. The molecule has 3 rings (SSSR count). The van der Waals surface area contributed by atoms with Gasteiger partial charge < -0.3 is 15.1 Å². The van der Waals surface area contributed by atoms with E-state index in [2.05, 4.69) is 20.4 Å². The van der Waals surface area contributed by atoms with E-state index in [4.69, 9.17) is 0 Å². The fraction of sp³-hybridized carbons (Fsp3) is 0.476. The van der Waals surface area contributed by atoms with Crippen LogP contribution in [0.1, 0.15) is 24.0 Å². The zero-order valence-corrected chi connectivity index (χ0v) is 16.9. The fourth-order valence-corrected chi connectivity index (χ4v) is 3.56. The summed E-state index contributed by atoms with van der Waals surface area (Å²) in [4.78, 5) is 16.5. The van der Waals surface area contributed by atoms with Gasteiger partial charge in [0.25, 0.3) is 0 Å². The van der Waals surface area contributed by atoms with E-state index in [-0.39, 0.29) is 18.5 Å². The lowest BCUT2D eigenvalue weighted by molar-refractivity contribution is -0.137. The lowest BCUT2D eigenvalue weighted by Crippen LogP contribution is -2.50. The second-order valence-electron chi connectivity index (χ2n) is 7.45. The molecule has 1 atom stereocenters. The highest BCUT2D eigenvalue weighted by Gasteiger charge is 2.30. The van der Waals surface area contributed by atoms with E-state index in [0.29, 0.717) is 19.5 Å². The molecule has 1 aliphatic heterocycles. The monoisotopic (exact) mass is 421 g/mol. The van der Waals surface area contributed by atoms with Crippen molar-refractivity contribution in [3.05, 3.63) is 53.7 Å². The predicted octanol–water partition coefficient (Wildman–Crippen LogP) is 2.75. The smallest absolute Gasteiger partial charge is 0.353 e. The third kappa shape index (κ3) is 5.91. The first kappa shape index (κ1) is 22.0. The molecule has 0 spiro atoms. The van der Waals surface area contributed by atoms with Gasteiger partial charge in [-0.05, 0) is 55.6 Å². The van der Waals surface area contributed by atoms with E-state index < -0.39 is 11.7 Å². The number of piperidine rings is 1. The first-order valence-electron chi connectivity index (χ1n) is 10.00. The Hall–Kier alpha value is -2.68. The summed E-state index contributed by atoms with van der Waals surface area (Å²) in [6.07, 6.45) is -0.226. The second-order valence-corrected chi connectivity index (χ2v) is 7.45. The van der Waals surface area contributed by atoms with Crippen LogP contribution in [0.15, 0.2) is 42.6 Å². The largest absolute Gasteiger partial charge is 0.416 e. The number of rotatable bonds is 7. The van der Waals surface area contributed by atoms with E-state index in [1.165, 1.54) is 12.1 Å². The maximum absolute atomic E-state index is 12.6. The van der Waals surface area contributed by atoms with Crippen LogP contribution in [0.5, 0.6) is 0 Å². The van der Waals surface area contributed by atoms with Crippen LogP contribution >= 0.6 is 0 Å². The number of carbonyl (C=O) groups is 1. The lowest BCUT2D eigenvalue weighted by atomic mass is 10.0. The molecule has 1 saturated heterocycles. The maximum atomic E-state index is 12.6. The summed E-state index contributed by atoms with van der Waals surface area (Å²) < 4.78 is 37.8. The average Bonchev–Trinajstić information content (AvgIpc) is 2.76. The summed E-state index contributed by atoms with van der Waals surface area (Å²) in [5, 5.41) is 11.2. The number of anilines is 1. The van der Waals surface area contributed by atoms with Crippen molar-refractivity contribution in [2.45, 2.75) is 31.5 Å². The van der Waals surface area contributed by atoms with Gasteiger partial charge in [0.15, 0.2) is 5.82 Å². The Balaban J connectivity index is 1.42. The molecule has 1 aromatic carbocycles. The van der Waals surface area contributed by atoms with Gasteiger partial charge in [0.05, 0.1) is 12.1 Å². The highest BCUT2D eigenvalue weighted by atomic mass is 19.4. The molecule has 30 heavy (non-hydrogen) atoms. The molecule has 0 saturated carbocycles. The van der Waals surface area contributed by atoms with Crippen LogP contribution in [0.2, 0.25) is 0 Å². The van der Waals surface area contributed by atoms with Crippen molar-refractivity contribution in [2.75, 3.05) is 38.1 Å². The van der Waals surface area contributed by atoms with E-state index in [9.17, 15) is 18.0 Å². The van der Waals surface area contributed by atoms with Crippen LogP contribution in [-0.2, 0) is 17.4 Å². The molecule has 6 nitrogen and oxygen atoms in total. The van der Waals surface area contributed by atoms with E-state index in [1.807, 2.05) is 19.2 Å². The van der Waals surface area contributed by atoms with Gasteiger partial charge in [0.1, 0.15) is 0 Å². The van der Waals surface area contributed by atoms with Crippen molar-refractivity contribution in [1.82, 2.24) is 20.4 Å². The minimum Gasteiger partial charge on any atom is -0.353 e. The Morgan fingerprint density at radius 1 is 1.27 bits per heavy atom. The van der Waals surface area contributed by atoms with Gasteiger partial charge in [-0.15, -0.1) is 5.10 Å². The van der Waals surface area contributed by atoms with E-state index in [1.54, 1.807) is 11.1 Å². The number of carbonyl (C=O) groups excluding carboxylic acids is 1. The topological polar surface area (TPSA) is 61.4 Å². The van der Waals surface area contributed by atoms with Crippen molar-refractivity contribution < 1.29 is 18.0 Å². The number of benzene rings is 1. The molecule has 1 fully saturated rings. The first-order valence-corrected chi connectivity index (χ1v) is 10.00. The van der Waals surface area contributed by atoms with Crippen molar-refractivity contribution in [3.63, 3.8) is 0 Å². The molecular weight excluding hydrogens is 395 g/mol. The third-order valence-electron chi connectivity index (χ3n) is 5.37. The standard InChI is InChI=1S/C21H26F3N5O/c1-28(18-4-3-13-29(15-18)19-5-2-11-26-27-19)20(30)14-25-12-10-16-6-8-17(9-7-16)21(22,23)24/h2,5-9,11,18,25H,3-4,10,12-15H2,1H3/t18-/m1/s1. The first-order chi connectivity index (χ1) is 14.3. The van der Waals surface area contributed by atoms with Crippen molar-refractivity contribution in [3.8, 4) is 0 Å². The van der Waals surface area contributed by atoms with Crippen LogP contribution in [-0.4, -0.2) is 60.3 Å². The highest BCUT2D eigenvalue weighted by Crippen LogP contribution is 2.29.